The fraction of sp³-hybridized carbons (Fsp3) is 0.438. The maximum atomic E-state index is 12.5. The van der Waals surface area contributed by atoms with Crippen LogP contribution in [0.2, 0.25) is 0 Å². The van der Waals surface area contributed by atoms with Gasteiger partial charge in [0.1, 0.15) is 0 Å². The van der Waals surface area contributed by atoms with Gasteiger partial charge in [-0.3, -0.25) is 5.10 Å². The minimum Gasteiger partial charge on any atom is -0.282 e. The smallest absolute Gasteiger partial charge is 0.217 e. The zero-order valence-electron chi connectivity index (χ0n) is 12.5. The molecule has 0 spiro atoms. The van der Waals surface area contributed by atoms with Gasteiger partial charge in [-0.25, -0.2) is 8.42 Å². The highest BCUT2D eigenvalue weighted by atomic mass is 32.2. The van der Waals surface area contributed by atoms with E-state index >= 15 is 0 Å². The molecule has 1 aliphatic heterocycles. The van der Waals surface area contributed by atoms with E-state index in [4.69, 9.17) is 0 Å². The van der Waals surface area contributed by atoms with Crippen molar-refractivity contribution in [3.8, 4) is 11.3 Å². The number of aryl methyl sites for hydroxylation is 1. The lowest BCUT2D eigenvalue weighted by atomic mass is 10.0. The van der Waals surface area contributed by atoms with Gasteiger partial charge in [-0.15, -0.1) is 0 Å². The van der Waals surface area contributed by atoms with Gasteiger partial charge >= 0.3 is 0 Å². The molecule has 2 aromatic rings. The van der Waals surface area contributed by atoms with E-state index in [1.54, 1.807) is 4.31 Å². The first kappa shape index (κ1) is 14.0. The standard InChI is InChI=1S/C16H19N3O2S/c1-11-2-4-12(5-3-11)16-14-10-19(9-8-15(14)17-18-16)22(20,21)13-6-7-13/h2-5,13H,6-10H2,1H3,(H,17,18). The molecule has 1 aromatic carbocycles. The lowest BCUT2D eigenvalue weighted by molar-refractivity contribution is 0.389. The van der Waals surface area contributed by atoms with Crippen LogP contribution in [0.1, 0.15) is 29.7 Å². The van der Waals surface area contributed by atoms with Crippen LogP contribution < -0.4 is 0 Å². The van der Waals surface area contributed by atoms with Crippen molar-refractivity contribution in [2.24, 2.45) is 0 Å². The molecule has 116 valence electrons. The molecule has 1 saturated carbocycles. The van der Waals surface area contributed by atoms with Gasteiger partial charge in [-0.1, -0.05) is 29.8 Å². The second-order valence-corrected chi connectivity index (χ2v) is 8.44. The second kappa shape index (κ2) is 4.93. The highest BCUT2D eigenvalue weighted by Gasteiger charge is 2.41. The molecule has 1 fully saturated rings. The van der Waals surface area contributed by atoms with Gasteiger partial charge in [0.2, 0.25) is 10.0 Å². The Morgan fingerprint density at radius 1 is 1.23 bits per heavy atom. The van der Waals surface area contributed by atoms with Gasteiger partial charge in [0.05, 0.1) is 10.9 Å². The van der Waals surface area contributed by atoms with Crippen molar-refractivity contribution in [3.63, 3.8) is 0 Å². The Labute approximate surface area is 130 Å². The summed E-state index contributed by atoms with van der Waals surface area (Å²) in [5.74, 6) is 0. The Hall–Kier alpha value is -1.66. The van der Waals surface area contributed by atoms with Gasteiger partial charge in [0.15, 0.2) is 0 Å². The molecule has 5 nitrogen and oxygen atoms in total. The monoisotopic (exact) mass is 317 g/mol. The Bertz CT molecular complexity index is 804. The summed E-state index contributed by atoms with van der Waals surface area (Å²) in [6, 6.07) is 8.19. The number of nitrogens with zero attached hydrogens (tertiary/aromatic N) is 2. The van der Waals surface area contributed by atoms with Crippen molar-refractivity contribution in [1.82, 2.24) is 14.5 Å². The van der Waals surface area contributed by atoms with Crippen LogP contribution in [0.4, 0.5) is 0 Å². The summed E-state index contributed by atoms with van der Waals surface area (Å²) in [5.41, 5.74) is 5.21. The Balaban J connectivity index is 1.69. The van der Waals surface area contributed by atoms with Gasteiger partial charge < -0.3 is 0 Å². The van der Waals surface area contributed by atoms with Crippen molar-refractivity contribution in [3.05, 3.63) is 41.1 Å². The molecule has 0 amide bonds. The van der Waals surface area contributed by atoms with Crippen molar-refractivity contribution in [2.45, 2.75) is 38.0 Å². The number of sulfonamides is 1. The molecule has 0 radical (unpaired) electrons. The highest BCUT2D eigenvalue weighted by Crippen LogP contribution is 2.35. The lowest BCUT2D eigenvalue weighted by Crippen LogP contribution is -2.37. The van der Waals surface area contributed by atoms with Crippen molar-refractivity contribution in [1.29, 1.82) is 0 Å². The molecule has 0 saturated heterocycles. The first-order valence-electron chi connectivity index (χ1n) is 7.68. The van der Waals surface area contributed by atoms with Crippen molar-refractivity contribution < 1.29 is 8.42 Å². The third-order valence-corrected chi connectivity index (χ3v) is 6.87. The number of aromatic amines is 1. The Morgan fingerprint density at radius 3 is 2.64 bits per heavy atom. The third-order valence-electron chi connectivity index (χ3n) is 4.53. The first-order chi connectivity index (χ1) is 10.6. The maximum Gasteiger partial charge on any atom is 0.217 e. The molecule has 0 atom stereocenters. The Morgan fingerprint density at radius 2 is 1.95 bits per heavy atom. The summed E-state index contributed by atoms with van der Waals surface area (Å²) in [7, 11) is -3.12. The average Bonchev–Trinajstić information content (AvgIpc) is 3.29. The summed E-state index contributed by atoms with van der Waals surface area (Å²) in [4.78, 5) is 0. The number of benzene rings is 1. The molecule has 2 heterocycles. The minimum absolute atomic E-state index is 0.149. The van der Waals surface area contributed by atoms with Crippen LogP contribution in [-0.2, 0) is 23.0 Å². The molecule has 4 rings (SSSR count). The average molecular weight is 317 g/mol. The van der Waals surface area contributed by atoms with Gasteiger partial charge in [-0.2, -0.15) is 9.40 Å². The highest BCUT2D eigenvalue weighted by molar-refractivity contribution is 7.90. The number of rotatable bonds is 3. The van der Waals surface area contributed by atoms with Crippen LogP contribution in [0.25, 0.3) is 11.3 Å². The second-order valence-electron chi connectivity index (χ2n) is 6.22. The van der Waals surface area contributed by atoms with E-state index < -0.39 is 10.0 Å². The van der Waals surface area contributed by atoms with Crippen LogP contribution in [0.5, 0.6) is 0 Å². The number of fused-ring (bicyclic) bond motifs is 1. The predicted octanol–water partition coefficient (Wildman–Crippen LogP) is 2.24. The number of hydrogen-bond acceptors (Lipinski definition) is 3. The van der Waals surface area contributed by atoms with E-state index in [1.165, 1.54) is 5.56 Å². The summed E-state index contributed by atoms with van der Waals surface area (Å²) in [6.07, 6.45) is 2.32. The molecule has 2 aliphatic rings. The number of nitrogens with one attached hydrogen (secondary N) is 1. The number of aromatic nitrogens is 2. The topological polar surface area (TPSA) is 66.1 Å². The van der Waals surface area contributed by atoms with E-state index in [0.717, 1.165) is 35.4 Å². The van der Waals surface area contributed by atoms with Crippen LogP contribution >= 0.6 is 0 Å². The Kier molecular flexibility index (Phi) is 3.13. The summed E-state index contributed by atoms with van der Waals surface area (Å²) in [6.45, 7) is 3.04. The molecule has 6 heteroatoms. The zero-order chi connectivity index (χ0) is 15.3. The SMILES string of the molecule is Cc1ccc(-c2n[nH]c3c2CN(S(=O)(=O)C2CC2)CC3)cc1. The van der Waals surface area contributed by atoms with E-state index in [9.17, 15) is 8.42 Å². The molecule has 1 N–H and O–H groups in total. The van der Waals surface area contributed by atoms with Crippen LogP contribution in [-0.4, -0.2) is 34.7 Å². The first-order valence-corrected chi connectivity index (χ1v) is 9.18. The quantitative estimate of drug-likeness (QED) is 0.944. The normalized spacial score (nSPS) is 19.1. The summed E-state index contributed by atoms with van der Waals surface area (Å²) in [5, 5.41) is 7.36. The number of H-pyrrole nitrogens is 1. The molecule has 1 aromatic heterocycles. The van der Waals surface area contributed by atoms with Crippen LogP contribution in [0, 0.1) is 6.92 Å². The molecule has 1 aliphatic carbocycles. The fourth-order valence-corrected chi connectivity index (χ4v) is 4.82. The van der Waals surface area contributed by atoms with E-state index in [2.05, 4.69) is 22.3 Å². The summed E-state index contributed by atoms with van der Waals surface area (Å²) >= 11 is 0. The molecular formula is C16H19N3O2S. The van der Waals surface area contributed by atoms with Gasteiger partial charge in [0, 0.05) is 36.3 Å². The van der Waals surface area contributed by atoms with Gasteiger partial charge in [0.25, 0.3) is 0 Å². The van der Waals surface area contributed by atoms with E-state index in [-0.39, 0.29) is 5.25 Å². The van der Waals surface area contributed by atoms with Crippen molar-refractivity contribution >= 4 is 10.0 Å². The van der Waals surface area contributed by atoms with Crippen LogP contribution in [0.3, 0.4) is 0 Å². The predicted molar refractivity (Wildman–Crippen MR) is 84.8 cm³/mol. The fourth-order valence-electron chi connectivity index (χ4n) is 3.01. The minimum atomic E-state index is -3.12. The molecule has 0 unspecified atom stereocenters. The number of hydrogen-bond donors (Lipinski definition) is 1. The van der Waals surface area contributed by atoms with Crippen molar-refractivity contribution in [2.75, 3.05) is 6.54 Å². The summed E-state index contributed by atoms with van der Waals surface area (Å²) < 4.78 is 26.6. The van der Waals surface area contributed by atoms with E-state index in [0.29, 0.717) is 19.5 Å². The molecular weight excluding hydrogens is 298 g/mol. The van der Waals surface area contributed by atoms with E-state index in [1.807, 2.05) is 19.1 Å². The molecule has 22 heavy (non-hydrogen) atoms. The largest absolute Gasteiger partial charge is 0.282 e. The maximum absolute atomic E-state index is 12.5. The van der Waals surface area contributed by atoms with Gasteiger partial charge in [-0.05, 0) is 19.8 Å². The molecule has 0 bridgehead atoms. The lowest BCUT2D eigenvalue weighted by Gasteiger charge is -2.26. The zero-order valence-corrected chi connectivity index (χ0v) is 13.4. The third kappa shape index (κ3) is 2.27. The van der Waals surface area contributed by atoms with Crippen LogP contribution in [0.15, 0.2) is 24.3 Å².